The van der Waals surface area contributed by atoms with Gasteiger partial charge in [0.2, 0.25) is 0 Å². The number of nitrogens with one attached hydrogen (secondary N) is 1. The molecule has 4 heteroatoms. The molecule has 0 saturated carbocycles. The van der Waals surface area contributed by atoms with Gasteiger partial charge in [0.1, 0.15) is 5.75 Å². The second-order valence-electron chi connectivity index (χ2n) is 4.35. The predicted molar refractivity (Wildman–Crippen MR) is 71.1 cm³/mol. The first kappa shape index (κ1) is 12.0. The lowest BCUT2D eigenvalue weighted by molar-refractivity contribution is 0.273. The van der Waals surface area contributed by atoms with Gasteiger partial charge in [-0.2, -0.15) is 0 Å². The van der Waals surface area contributed by atoms with Gasteiger partial charge in [0, 0.05) is 19.2 Å². The zero-order valence-electron chi connectivity index (χ0n) is 10.4. The first-order valence-corrected chi connectivity index (χ1v) is 6.33. The zero-order chi connectivity index (χ0) is 12.1. The summed E-state index contributed by atoms with van der Waals surface area (Å²) in [6, 6.07) is 5.84. The quantitative estimate of drug-likeness (QED) is 0.787. The molecule has 0 radical (unpaired) electrons. The molecule has 0 spiro atoms. The molecule has 0 amide bonds. The van der Waals surface area contributed by atoms with Gasteiger partial charge < -0.3 is 15.9 Å². The molecule has 3 N–H and O–H groups in total. The van der Waals surface area contributed by atoms with Crippen LogP contribution in [-0.4, -0.2) is 24.7 Å². The van der Waals surface area contributed by atoms with Gasteiger partial charge in [-0.15, -0.1) is 0 Å². The second-order valence-corrected chi connectivity index (χ2v) is 4.35. The van der Waals surface area contributed by atoms with Crippen LogP contribution in [0.15, 0.2) is 18.2 Å². The van der Waals surface area contributed by atoms with Crippen molar-refractivity contribution in [3.05, 3.63) is 18.2 Å². The zero-order valence-corrected chi connectivity index (χ0v) is 10.4. The number of hydrogen-bond acceptors (Lipinski definition) is 4. The highest BCUT2D eigenvalue weighted by Gasteiger charge is 2.10. The van der Waals surface area contributed by atoms with Gasteiger partial charge in [0.15, 0.2) is 0 Å². The van der Waals surface area contributed by atoms with Crippen LogP contribution in [0.3, 0.4) is 0 Å². The van der Waals surface area contributed by atoms with Gasteiger partial charge >= 0.3 is 0 Å². The van der Waals surface area contributed by atoms with Crippen LogP contribution in [0.1, 0.15) is 26.2 Å². The highest BCUT2D eigenvalue weighted by molar-refractivity contribution is 5.61. The Kier molecular flexibility index (Phi) is 4.09. The van der Waals surface area contributed by atoms with E-state index in [1.165, 1.54) is 19.3 Å². The third-order valence-corrected chi connectivity index (χ3v) is 2.96. The minimum absolute atomic E-state index is 0.636. The largest absolute Gasteiger partial charge is 0.492 e. The van der Waals surface area contributed by atoms with Gasteiger partial charge in [0.05, 0.1) is 18.0 Å². The van der Waals surface area contributed by atoms with Crippen LogP contribution in [0.25, 0.3) is 0 Å². The molecule has 17 heavy (non-hydrogen) atoms. The summed E-state index contributed by atoms with van der Waals surface area (Å²) >= 11 is 0. The van der Waals surface area contributed by atoms with Gasteiger partial charge in [-0.05, 0) is 31.9 Å². The van der Waals surface area contributed by atoms with Crippen molar-refractivity contribution in [2.75, 3.05) is 30.9 Å². The van der Waals surface area contributed by atoms with E-state index in [9.17, 15) is 0 Å². The van der Waals surface area contributed by atoms with Crippen molar-refractivity contribution in [3.63, 3.8) is 0 Å². The first-order chi connectivity index (χ1) is 8.29. The van der Waals surface area contributed by atoms with Crippen molar-refractivity contribution in [3.8, 4) is 5.75 Å². The molecule has 1 aliphatic heterocycles. The molecule has 4 nitrogen and oxygen atoms in total. The van der Waals surface area contributed by atoms with Crippen LogP contribution in [0.2, 0.25) is 0 Å². The molecule has 0 bridgehead atoms. The minimum atomic E-state index is 0.636. The summed E-state index contributed by atoms with van der Waals surface area (Å²) < 4.78 is 5.48. The van der Waals surface area contributed by atoms with Gasteiger partial charge in [0.25, 0.3) is 0 Å². The fourth-order valence-electron chi connectivity index (χ4n) is 2.07. The maximum Gasteiger partial charge on any atom is 0.144 e. The maximum atomic E-state index is 5.84. The number of rotatable bonds is 4. The van der Waals surface area contributed by atoms with E-state index in [1.54, 1.807) is 0 Å². The Hall–Kier alpha value is -1.42. The number of piperidine rings is 1. The number of ether oxygens (including phenoxy) is 1. The standard InChI is InChI=1S/C13H21N3O/c1-2-17-13-10-11(6-7-12(13)14)15-16-8-4-3-5-9-16/h6-7,10,15H,2-5,8-9,14H2,1H3. The van der Waals surface area contributed by atoms with Gasteiger partial charge in [-0.1, -0.05) is 6.42 Å². The van der Waals surface area contributed by atoms with Crippen LogP contribution in [0, 0.1) is 0 Å². The van der Waals surface area contributed by atoms with E-state index in [0.717, 1.165) is 24.5 Å². The van der Waals surface area contributed by atoms with Crippen LogP contribution >= 0.6 is 0 Å². The smallest absolute Gasteiger partial charge is 0.144 e. The third-order valence-electron chi connectivity index (χ3n) is 2.96. The van der Waals surface area contributed by atoms with Crippen molar-refractivity contribution < 1.29 is 4.74 Å². The Balaban J connectivity index is 2.02. The molecule has 1 aromatic rings. The molecular formula is C13H21N3O. The van der Waals surface area contributed by atoms with Crippen LogP contribution in [0.5, 0.6) is 5.75 Å². The van der Waals surface area contributed by atoms with E-state index in [4.69, 9.17) is 10.5 Å². The summed E-state index contributed by atoms with van der Waals surface area (Å²) in [5, 5.41) is 2.25. The molecule has 1 aromatic carbocycles. The average molecular weight is 235 g/mol. The lowest BCUT2D eigenvalue weighted by Crippen LogP contribution is -2.34. The number of nitrogens with zero attached hydrogens (tertiary/aromatic N) is 1. The Morgan fingerprint density at radius 2 is 2.06 bits per heavy atom. The fourth-order valence-corrected chi connectivity index (χ4v) is 2.07. The number of nitrogens with two attached hydrogens (primary N) is 1. The normalized spacial score (nSPS) is 16.8. The van der Waals surface area contributed by atoms with Crippen molar-refractivity contribution in [1.29, 1.82) is 0 Å². The molecule has 1 aliphatic rings. The van der Waals surface area contributed by atoms with E-state index in [0.29, 0.717) is 12.3 Å². The first-order valence-electron chi connectivity index (χ1n) is 6.33. The summed E-state index contributed by atoms with van der Waals surface area (Å²) in [5.41, 5.74) is 11.0. The molecule has 0 aromatic heterocycles. The highest BCUT2D eigenvalue weighted by atomic mass is 16.5. The van der Waals surface area contributed by atoms with E-state index >= 15 is 0 Å². The van der Waals surface area contributed by atoms with E-state index in [2.05, 4.69) is 10.4 Å². The molecule has 0 aliphatic carbocycles. The maximum absolute atomic E-state index is 5.84. The average Bonchev–Trinajstić information content (AvgIpc) is 2.35. The summed E-state index contributed by atoms with van der Waals surface area (Å²) in [5.74, 6) is 0.759. The monoisotopic (exact) mass is 235 g/mol. The molecule has 0 atom stereocenters. The molecule has 94 valence electrons. The second kappa shape index (κ2) is 5.77. The number of benzene rings is 1. The lowest BCUT2D eigenvalue weighted by atomic mass is 10.2. The van der Waals surface area contributed by atoms with Gasteiger partial charge in [-0.25, -0.2) is 5.01 Å². The van der Waals surface area contributed by atoms with Crippen LogP contribution < -0.4 is 15.9 Å². The molecule has 2 rings (SSSR count). The number of anilines is 2. The number of hydrogen-bond donors (Lipinski definition) is 2. The Labute approximate surface area is 103 Å². The molecule has 1 fully saturated rings. The summed E-state index contributed by atoms with van der Waals surface area (Å²) in [4.78, 5) is 0. The van der Waals surface area contributed by atoms with E-state index < -0.39 is 0 Å². The molecule has 1 saturated heterocycles. The van der Waals surface area contributed by atoms with E-state index in [-0.39, 0.29) is 0 Å². The third kappa shape index (κ3) is 3.27. The van der Waals surface area contributed by atoms with Crippen LogP contribution in [0.4, 0.5) is 11.4 Å². The molecule has 0 unspecified atom stereocenters. The minimum Gasteiger partial charge on any atom is -0.492 e. The Morgan fingerprint density at radius 1 is 1.29 bits per heavy atom. The van der Waals surface area contributed by atoms with Crippen molar-refractivity contribution >= 4 is 11.4 Å². The van der Waals surface area contributed by atoms with E-state index in [1.807, 2.05) is 25.1 Å². The SMILES string of the molecule is CCOc1cc(NN2CCCCC2)ccc1N. The van der Waals surface area contributed by atoms with Crippen LogP contribution in [-0.2, 0) is 0 Å². The van der Waals surface area contributed by atoms with Crippen molar-refractivity contribution in [1.82, 2.24) is 5.01 Å². The molecular weight excluding hydrogens is 214 g/mol. The van der Waals surface area contributed by atoms with Crippen molar-refractivity contribution in [2.24, 2.45) is 0 Å². The molecule has 1 heterocycles. The van der Waals surface area contributed by atoms with Crippen molar-refractivity contribution in [2.45, 2.75) is 26.2 Å². The lowest BCUT2D eigenvalue weighted by Gasteiger charge is -2.28. The Bertz CT molecular complexity index is 362. The topological polar surface area (TPSA) is 50.5 Å². The highest BCUT2D eigenvalue weighted by Crippen LogP contribution is 2.26. The summed E-state index contributed by atoms with van der Waals surface area (Å²) in [6.45, 7) is 4.81. The number of nitrogen functional groups attached to an aromatic ring is 1. The summed E-state index contributed by atoms with van der Waals surface area (Å²) in [6.07, 6.45) is 3.87. The number of hydrazine groups is 1. The van der Waals surface area contributed by atoms with Gasteiger partial charge in [-0.3, -0.25) is 0 Å². The fraction of sp³-hybridized carbons (Fsp3) is 0.538. The Morgan fingerprint density at radius 3 is 2.76 bits per heavy atom. The summed E-state index contributed by atoms with van der Waals surface area (Å²) in [7, 11) is 0. The predicted octanol–water partition coefficient (Wildman–Crippen LogP) is 2.48.